The number of benzene rings is 2. The van der Waals surface area contributed by atoms with Crippen LogP contribution in [0.1, 0.15) is 19.4 Å². The maximum atomic E-state index is 13.0. The third kappa shape index (κ3) is 5.39. The Kier molecular flexibility index (Phi) is 7.68. The first kappa shape index (κ1) is 21.1. The Balaban J connectivity index is 2.23. The molecule has 2 aromatic carbocycles. The van der Waals surface area contributed by atoms with Crippen molar-refractivity contribution < 1.29 is 23.8 Å². The highest BCUT2D eigenvalue weighted by molar-refractivity contribution is 5.92. The molecule has 1 atom stereocenters. The molecular weight excluding hydrogens is 360 g/mol. The summed E-state index contributed by atoms with van der Waals surface area (Å²) in [6, 6.07) is 13.3. The lowest BCUT2D eigenvalue weighted by Gasteiger charge is -2.28. The van der Waals surface area contributed by atoms with Crippen molar-refractivity contribution in [1.82, 2.24) is 4.90 Å². The Morgan fingerprint density at radius 3 is 2.32 bits per heavy atom. The maximum absolute atomic E-state index is 13.0. The number of methoxy groups -OCH3 is 2. The number of ether oxygens (including phenoxy) is 3. The van der Waals surface area contributed by atoms with Crippen LogP contribution in [0.4, 0.5) is 10.5 Å². The molecule has 2 aromatic rings. The molecule has 7 heteroatoms. The molecule has 7 nitrogen and oxygen atoms in total. The van der Waals surface area contributed by atoms with Gasteiger partial charge in [0.15, 0.2) is 11.5 Å². The van der Waals surface area contributed by atoms with E-state index in [0.717, 1.165) is 5.56 Å². The monoisotopic (exact) mass is 386 g/mol. The molecule has 0 saturated heterocycles. The number of carbonyl (C=O) groups is 2. The van der Waals surface area contributed by atoms with Gasteiger partial charge in [0.05, 0.1) is 20.8 Å². The minimum absolute atomic E-state index is 0.250. The van der Waals surface area contributed by atoms with Crippen molar-refractivity contribution in [3.05, 3.63) is 54.1 Å². The standard InChI is InChI=1S/C21H26N2O5/c1-5-28-20(24)15(2)23(14-16-9-7-6-8-10-16)21(25)22-17-11-12-18(26-3)19(13-17)27-4/h6-13,15H,5,14H2,1-4H3,(H,22,25). The molecule has 2 rings (SSSR count). The summed E-state index contributed by atoms with van der Waals surface area (Å²) in [7, 11) is 3.06. The minimum atomic E-state index is -0.750. The van der Waals surface area contributed by atoms with Crippen LogP contribution in [-0.4, -0.2) is 43.8 Å². The van der Waals surface area contributed by atoms with Crippen LogP contribution < -0.4 is 14.8 Å². The highest BCUT2D eigenvalue weighted by Gasteiger charge is 2.27. The molecule has 0 spiro atoms. The second-order valence-electron chi connectivity index (χ2n) is 6.04. The van der Waals surface area contributed by atoms with Crippen LogP contribution in [0.5, 0.6) is 11.5 Å². The highest BCUT2D eigenvalue weighted by atomic mass is 16.5. The fraction of sp³-hybridized carbons (Fsp3) is 0.333. The number of rotatable bonds is 8. The molecule has 0 radical (unpaired) electrons. The molecule has 0 heterocycles. The summed E-state index contributed by atoms with van der Waals surface area (Å²) in [4.78, 5) is 26.6. The molecule has 28 heavy (non-hydrogen) atoms. The third-order valence-corrected chi connectivity index (χ3v) is 4.19. The number of hydrogen-bond acceptors (Lipinski definition) is 5. The quantitative estimate of drug-likeness (QED) is 0.700. The van der Waals surface area contributed by atoms with Gasteiger partial charge in [-0.3, -0.25) is 0 Å². The lowest BCUT2D eigenvalue weighted by atomic mass is 10.2. The number of carbonyl (C=O) groups excluding carboxylic acids is 2. The normalized spacial score (nSPS) is 11.3. The second kappa shape index (κ2) is 10.2. The summed E-state index contributed by atoms with van der Waals surface area (Å²) in [5.41, 5.74) is 1.43. The lowest BCUT2D eigenvalue weighted by molar-refractivity contribution is -0.147. The first-order chi connectivity index (χ1) is 13.5. The number of amides is 2. The first-order valence-corrected chi connectivity index (χ1v) is 9.00. The number of esters is 1. The van der Waals surface area contributed by atoms with Gasteiger partial charge in [0, 0.05) is 18.3 Å². The van der Waals surface area contributed by atoms with E-state index in [9.17, 15) is 9.59 Å². The first-order valence-electron chi connectivity index (χ1n) is 9.00. The Bertz CT molecular complexity index is 795. The molecule has 150 valence electrons. The summed E-state index contributed by atoms with van der Waals surface area (Å²) in [6.45, 7) is 3.89. The number of hydrogen-bond donors (Lipinski definition) is 1. The van der Waals surface area contributed by atoms with E-state index in [4.69, 9.17) is 14.2 Å². The number of urea groups is 1. The zero-order valence-electron chi connectivity index (χ0n) is 16.6. The minimum Gasteiger partial charge on any atom is -0.493 e. The van der Waals surface area contributed by atoms with Gasteiger partial charge in [-0.25, -0.2) is 9.59 Å². The molecule has 0 aliphatic heterocycles. The van der Waals surface area contributed by atoms with E-state index in [1.165, 1.54) is 12.0 Å². The number of nitrogens with zero attached hydrogens (tertiary/aromatic N) is 1. The predicted molar refractivity (Wildman–Crippen MR) is 107 cm³/mol. The predicted octanol–water partition coefficient (Wildman–Crippen LogP) is 3.69. The Morgan fingerprint density at radius 2 is 1.71 bits per heavy atom. The third-order valence-electron chi connectivity index (χ3n) is 4.19. The van der Waals surface area contributed by atoms with Crippen LogP contribution in [0.25, 0.3) is 0 Å². The van der Waals surface area contributed by atoms with E-state index >= 15 is 0 Å². The van der Waals surface area contributed by atoms with Crippen molar-refractivity contribution in [2.24, 2.45) is 0 Å². The van der Waals surface area contributed by atoms with Gasteiger partial charge in [0.1, 0.15) is 6.04 Å². The van der Waals surface area contributed by atoms with E-state index in [2.05, 4.69) is 5.32 Å². The smallest absolute Gasteiger partial charge is 0.328 e. The second-order valence-corrected chi connectivity index (χ2v) is 6.04. The Morgan fingerprint density at radius 1 is 1.04 bits per heavy atom. The molecule has 0 saturated carbocycles. The molecule has 2 amide bonds. The van der Waals surface area contributed by atoms with E-state index in [1.807, 2.05) is 30.3 Å². The van der Waals surface area contributed by atoms with Gasteiger partial charge in [-0.15, -0.1) is 0 Å². The zero-order chi connectivity index (χ0) is 20.5. The maximum Gasteiger partial charge on any atom is 0.328 e. The van der Waals surface area contributed by atoms with Gasteiger partial charge in [-0.1, -0.05) is 30.3 Å². The van der Waals surface area contributed by atoms with Crippen LogP contribution in [0.15, 0.2) is 48.5 Å². The van der Waals surface area contributed by atoms with E-state index in [1.54, 1.807) is 39.2 Å². The van der Waals surface area contributed by atoms with Gasteiger partial charge in [-0.2, -0.15) is 0 Å². The van der Waals surface area contributed by atoms with E-state index < -0.39 is 18.0 Å². The van der Waals surface area contributed by atoms with Crippen molar-refractivity contribution in [3.8, 4) is 11.5 Å². The molecule has 0 fully saturated rings. The Labute approximate surface area is 165 Å². The van der Waals surface area contributed by atoms with Crippen LogP contribution in [-0.2, 0) is 16.1 Å². The fourth-order valence-electron chi connectivity index (χ4n) is 2.66. The van der Waals surface area contributed by atoms with Crippen molar-refractivity contribution in [2.45, 2.75) is 26.4 Å². The van der Waals surface area contributed by atoms with Gasteiger partial charge in [0.25, 0.3) is 0 Å². The molecule has 1 unspecified atom stereocenters. The summed E-state index contributed by atoms with van der Waals surface area (Å²) in [5.74, 6) is 0.593. The van der Waals surface area contributed by atoms with Crippen molar-refractivity contribution in [2.75, 3.05) is 26.1 Å². The van der Waals surface area contributed by atoms with Crippen LogP contribution in [0, 0.1) is 0 Å². The van der Waals surface area contributed by atoms with Crippen LogP contribution in [0.2, 0.25) is 0 Å². The Hall–Kier alpha value is -3.22. The summed E-state index contributed by atoms with van der Waals surface area (Å²) in [5, 5.41) is 2.81. The van der Waals surface area contributed by atoms with Gasteiger partial charge >= 0.3 is 12.0 Å². The van der Waals surface area contributed by atoms with Gasteiger partial charge in [-0.05, 0) is 31.5 Å². The SMILES string of the molecule is CCOC(=O)C(C)N(Cc1ccccc1)C(=O)Nc1ccc(OC)c(OC)c1. The number of nitrogens with one attached hydrogen (secondary N) is 1. The molecular formula is C21H26N2O5. The van der Waals surface area contributed by atoms with E-state index in [-0.39, 0.29) is 13.2 Å². The average Bonchev–Trinajstić information content (AvgIpc) is 2.72. The summed E-state index contributed by atoms with van der Waals surface area (Å²) < 4.78 is 15.6. The largest absolute Gasteiger partial charge is 0.493 e. The summed E-state index contributed by atoms with van der Waals surface area (Å²) in [6.07, 6.45) is 0. The molecule has 1 N–H and O–H groups in total. The fourth-order valence-corrected chi connectivity index (χ4v) is 2.66. The van der Waals surface area contributed by atoms with Crippen LogP contribution >= 0.6 is 0 Å². The van der Waals surface area contributed by atoms with E-state index in [0.29, 0.717) is 17.2 Å². The van der Waals surface area contributed by atoms with Gasteiger partial charge in [0.2, 0.25) is 0 Å². The lowest BCUT2D eigenvalue weighted by Crippen LogP contribution is -2.45. The number of anilines is 1. The average molecular weight is 386 g/mol. The zero-order valence-corrected chi connectivity index (χ0v) is 16.6. The molecule has 0 aliphatic rings. The van der Waals surface area contributed by atoms with Crippen LogP contribution in [0.3, 0.4) is 0 Å². The molecule has 0 aliphatic carbocycles. The molecule has 0 bridgehead atoms. The summed E-state index contributed by atoms with van der Waals surface area (Å²) >= 11 is 0. The van der Waals surface area contributed by atoms with Gasteiger partial charge < -0.3 is 24.4 Å². The highest BCUT2D eigenvalue weighted by Crippen LogP contribution is 2.30. The molecule has 0 aromatic heterocycles. The topological polar surface area (TPSA) is 77.1 Å². The van der Waals surface area contributed by atoms with Crippen molar-refractivity contribution in [3.63, 3.8) is 0 Å². The van der Waals surface area contributed by atoms with Crippen molar-refractivity contribution >= 4 is 17.7 Å². The van der Waals surface area contributed by atoms with Crippen molar-refractivity contribution in [1.29, 1.82) is 0 Å².